The first-order valence-electron chi connectivity index (χ1n) is 6.75. The molecule has 0 spiro atoms. The van der Waals surface area contributed by atoms with Gasteiger partial charge in [0.1, 0.15) is 11.4 Å². The molecule has 0 unspecified atom stereocenters. The molecule has 0 heterocycles. The van der Waals surface area contributed by atoms with Crippen LogP contribution < -0.4 is 4.90 Å². The fourth-order valence-electron chi connectivity index (χ4n) is 1.72. The molecule has 0 aliphatic carbocycles. The van der Waals surface area contributed by atoms with Gasteiger partial charge in [0.05, 0.1) is 13.2 Å². The Bertz CT molecular complexity index is 564. The summed E-state index contributed by atoms with van der Waals surface area (Å²) in [4.78, 5) is 1.98. The van der Waals surface area contributed by atoms with Crippen LogP contribution in [0.2, 0.25) is 0 Å². The summed E-state index contributed by atoms with van der Waals surface area (Å²) < 4.78 is 23.0. The van der Waals surface area contributed by atoms with E-state index in [1.165, 1.54) is 0 Å². The standard InChI is InChI=1S/C15H21N2O3P/c1-5-19-21(18,20-6-2)15(12-16)11-13-7-9-14(10-8-13)17(3)4/h7-11H,5-6H2,1-4H3. The van der Waals surface area contributed by atoms with Crippen molar-refractivity contribution in [1.29, 1.82) is 5.26 Å². The third-order valence-electron chi connectivity index (χ3n) is 2.72. The molecule has 1 aromatic rings. The third kappa shape index (κ3) is 4.71. The van der Waals surface area contributed by atoms with Crippen LogP contribution in [0.1, 0.15) is 19.4 Å². The van der Waals surface area contributed by atoms with Gasteiger partial charge >= 0.3 is 7.60 Å². The van der Waals surface area contributed by atoms with Crippen molar-refractivity contribution in [2.45, 2.75) is 13.8 Å². The first kappa shape index (κ1) is 17.5. The molecule has 0 amide bonds. The van der Waals surface area contributed by atoms with E-state index in [1.54, 1.807) is 19.9 Å². The summed E-state index contributed by atoms with van der Waals surface area (Å²) in [6.45, 7) is 3.87. The zero-order chi connectivity index (χ0) is 15.9. The summed E-state index contributed by atoms with van der Waals surface area (Å²) in [6, 6.07) is 9.50. The number of nitrogens with zero attached hydrogens (tertiary/aromatic N) is 2. The van der Waals surface area contributed by atoms with Gasteiger partial charge in [-0.15, -0.1) is 0 Å². The lowest BCUT2D eigenvalue weighted by molar-refractivity contribution is 0.227. The van der Waals surface area contributed by atoms with Crippen LogP contribution in [0.15, 0.2) is 29.6 Å². The van der Waals surface area contributed by atoms with E-state index in [9.17, 15) is 9.83 Å². The third-order valence-corrected chi connectivity index (χ3v) is 4.74. The average Bonchev–Trinajstić information content (AvgIpc) is 2.45. The normalized spacial score (nSPS) is 12.0. The first-order chi connectivity index (χ1) is 9.96. The van der Waals surface area contributed by atoms with Crippen LogP contribution in [-0.4, -0.2) is 27.3 Å². The second-order valence-corrected chi connectivity index (χ2v) is 6.45. The van der Waals surface area contributed by atoms with Gasteiger partial charge < -0.3 is 13.9 Å². The Morgan fingerprint density at radius 2 is 1.76 bits per heavy atom. The Kier molecular flexibility index (Phi) is 6.64. The van der Waals surface area contributed by atoms with Gasteiger partial charge in [0.25, 0.3) is 0 Å². The molecule has 21 heavy (non-hydrogen) atoms. The molecule has 1 rings (SSSR count). The van der Waals surface area contributed by atoms with Crippen LogP contribution >= 0.6 is 7.60 Å². The van der Waals surface area contributed by atoms with Crippen LogP contribution in [-0.2, 0) is 13.6 Å². The van der Waals surface area contributed by atoms with E-state index in [0.29, 0.717) is 0 Å². The fraction of sp³-hybridized carbons (Fsp3) is 0.400. The van der Waals surface area contributed by atoms with Gasteiger partial charge in [-0.2, -0.15) is 5.26 Å². The molecule has 0 saturated heterocycles. The summed E-state index contributed by atoms with van der Waals surface area (Å²) in [6.07, 6.45) is 1.55. The molecular formula is C15H21N2O3P. The molecule has 5 nitrogen and oxygen atoms in total. The highest BCUT2D eigenvalue weighted by atomic mass is 31.2. The zero-order valence-electron chi connectivity index (χ0n) is 12.9. The molecule has 0 aliphatic rings. The minimum absolute atomic E-state index is 0.0174. The molecule has 0 saturated carbocycles. The molecule has 6 heteroatoms. The molecule has 1 aromatic carbocycles. The van der Waals surface area contributed by atoms with E-state index in [4.69, 9.17) is 9.05 Å². The fourth-order valence-corrected chi connectivity index (χ4v) is 3.18. The zero-order valence-corrected chi connectivity index (χ0v) is 13.8. The number of allylic oxidation sites excluding steroid dienone is 1. The van der Waals surface area contributed by atoms with Gasteiger partial charge in [-0.05, 0) is 37.6 Å². The smallest absolute Gasteiger partial charge is 0.371 e. The van der Waals surface area contributed by atoms with Gasteiger partial charge in [-0.25, -0.2) is 0 Å². The molecule has 0 N–H and O–H groups in total. The lowest BCUT2D eigenvalue weighted by Gasteiger charge is -2.16. The van der Waals surface area contributed by atoms with Crippen molar-refractivity contribution < 1.29 is 13.6 Å². The number of anilines is 1. The number of nitriles is 1. The molecule has 0 bridgehead atoms. The monoisotopic (exact) mass is 308 g/mol. The van der Waals surface area contributed by atoms with Crippen molar-refractivity contribution in [2.24, 2.45) is 0 Å². The Morgan fingerprint density at radius 1 is 1.24 bits per heavy atom. The highest BCUT2D eigenvalue weighted by Crippen LogP contribution is 2.56. The van der Waals surface area contributed by atoms with Gasteiger partial charge in [-0.3, -0.25) is 4.57 Å². The van der Waals surface area contributed by atoms with Crippen molar-refractivity contribution in [1.82, 2.24) is 0 Å². The summed E-state index contributed by atoms with van der Waals surface area (Å²) in [5, 5.41) is 9.28. The summed E-state index contributed by atoms with van der Waals surface area (Å²) >= 11 is 0. The van der Waals surface area contributed by atoms with Gasteiger partial charge in [0.2, 0.25) is 0 Å². The number of rotatable bonds is 7. The molecule has 0 aromatic heterocycles. The Balaban J connectivity index is 3.13. The van der Waals surface area contributed by atoms with Crippen LogP contribution in [0, 0.1) is 11.3 Å². The van der Waals surface area contributed by atoms with E-state index in [1.807, 2.05) is 49.3 Å². The van der Waals surface area contributed by atoms with Gasteiger partial charge in [0, 0.05) is 19.8 Å². The Labute approximate surface area is 126 Å². The lowest BCUT2D eigenvalue weighted by atomic mass is 10.2. The highest BCUT2D eigenvalue weighted by Gasteiger charge is 2.29. The molecule has 0 radical (unpaired) electrons. The molecule has 0 fully saturated rings. The molecule has 0 aliphatic heterocycles. The summed E-state index contributed by atoms with van der Waals surface area (Å²) in [5.74, 6) is 0. The van der Waals surface area contributed by atoms with Crippen molar-refractivity contribution in [3.63, 3.8) is 0 Å². The maximum atomic E-state index is 12.6. The number of benzene rings is 1. The predicted octanol–water partition coefficient (Wildman–Crippen LogP) is 3.88. The van der Waals surface area contributed by atoms with Gasteiger partial charge in [0.15, 0.2) is 0 Å². The van der Waals surface area contributed by atoms with E-state index in [2.05, 4.69) is 0 Å². The van der Waals surface area contributed by atoms with Crippen molar-refractivity contribution in [3.05, 3.63) is 35.1 Å². The summed E-state index contributed by atoms with van der Waals surface area (Å²) in [7, 11) is 0.360. The van der Waals surface area contributed by atoms with Crippen LogP contribution in [0.3, 0.4) is 0 Å². The SMILES string of the molecule is CCOP(=O)(OCC)C(C#N)=Cc1ccc(N(C)C)cc1. The van der Waals surface area contributed by atoms with E-state index in [-0.39, 0.29) is 18.5 Å². The van der Waals surface area contributed by atoms with E-state index >= 15 is 0 Å². The van der Waals surface area contributed by atoms with Crippen LogP contribution in [0.5, 0.6) is 0 Å². The van der Waals surface area contributed by atoms with E-state index in [0.717, 1.165) is 11.3 Å². The lowest BCUT2D eigenvalue weighted by Crippen LogP contribution is -2.07. The second-order valence-electron chi connectivity index (χ2n) is 4.46. The highest BCUT2D eigenvalue weighted by molar-refractivity contribution is 7.59. The average molecular weight is 308 g/mol. The van der Waals surface area contributed by atoms with Crippen molar-refractivity contribution >= 4 is 19.4 Å². The van der Waals surface area contributed by atoms with Gasteiger partial charge in [-0.1, -0.05) is 12.1 Å². The second kappa shape index (κ2) is 7.99. The van der Waals surface area contributed by atoms with Crippen LogP contribution in [0.4, 0.5) is 5.69 Å². The molecule has 114 valence electrons. The Hall–Kier alpha value is -1.60. The maximum Gasteiger partial charge on any atom is 0.371 e. The van der Waals surface area contributed by atoms with E-state index < -0.39 is 7.60 Å². The number of hydrogen-bond acceptors (Lipinski definition) is 5. The van der Waals surface area contributed by atoms with Crippen LogP contribution in [0.25, 0.3) is 6.08 Å². The Morgan fingerprint density at radius 3 is 2.14 bits per heavy atom. The first-order valence-corrected chi connectivity index (χ1v) is 8.30. The minimum atomic E-state index is -3.54. The maximum absolute atomic E-state index is 12.6. The van der Waals surface area contributed by atoms with Crippen molar-refractivity contribution in [3.8, 4) is 6.07 Å². The summed E-state index contributed by atoms with van der Waals surface area (Å²) in [5.41, 5.74) is 1.82. The quantitative estimate of drug-likeness (QED) is 0.565. The predicted molar refractivity (Wildman–Crippen MR) is 85.2 cm³/mol. The van der Waals surface area contributed by atoms with Crippen molar-refractivity contribution in [2.75, 3.05) is 32.2 Å². The number of hydrogen-bond donors (Lipinski definition) is 0. The molecular weight excluding hydrogens is 287 g/mol. The minimum Gasteiger partial charge on any atom is -0.378 e. The largest absolute Gasteiger partial charge is 0.378 e. The molecule has 0 atom stereocenters. The topological polar surface area (TPSA) is 62.6 Å².